The summed E-state index contributed by atoms with van der Waals surface area (Å²) < 4.78 is 0. The third kappa shape index (κ3) is 11.9. The zero-order valence-electron chi connectivity index (χ0n) is 26.0. The van der Waals surface area contributed by atoms with E-state index in [-0.39, 0.29) is 0 Å². The summed E-state index contributed by atoms with van der Waals surface area (Å²) in [4.78, 5) is 4.72. The van der Waals surface area contributed by atoms with Gasteiger partial charge < -0.3 is 15.1 Å². The molecule has 1 aliphatic rings. The van der Waals surface area contributed by atoms with Gasteiger partial charge in [-0.15, -0.1) is 0 Å². The van der Waals surface area contributed by atoms with Gasteiger partial charge in [0.2, 0.25) is 0 Å². The molecule has 212 valence electrons. The highest BCUT2D eigenvalue weighted by Crippen LogP contribution is 2.21. The topological polar surface area (TPSA) is 18.5 Å². The molecule has 1 saturated heterocycles. The van der Waals surface area contributed by atoms with Crippen molar-refractivity contribution < 1.29 is 0 Å². The van der Waals surface area contributed by atoms with E-state index in [4.69, 9.17) is 0 Å². The van der Waals surface area contributed by atoms with Crippen molar-refractivity contribution >= 4 is 11.4 Å². The van der Waals surface area contributed by atoms with Crippen LogP contribution in [0.2, 0.25) is 0 Å². The van der Waals surface area contributed by atoms with Crippen LogP contribution in [0.3, 0.4) is 0 Å². The van der Waals surface area contributed by atoms with Crippen molar-refractivity contribution in [2.24, 2.45) is 0 Å². The first-order valence-electron chi connectivity index (χ1n) is 14.4. The smallest absolute Gasteiger partial charge is 0.0382 e. The van der Waals surface area contributed by atoms with Crippen LogP contribution < -0.4 is 5.32 Å². The van der Waals surface area contributed by atoms with Gasteiger partial charge in [0.15, 0.2) is 0 Å². The summed E-state index contributed by atoms with van der Waals surface area (Å²) in [6.07, 6.45) is 6.31. The maximum absolute atomic E-state index is 4.28. The molecule has 0 saturated carbocycles. The Morgan fingerprint density at radius 2 is 1.31 bits per heavy atom. The van der Waals surface area contributed by atoms with Gasteiger partial charge in [0.1, 0.15) is 0 Å². The number of nitrogens with zero attached hydrogens (tertiary/aromatic N) is 2. The average molecular weight is 528 g/mol. The summed E-state index contributed by atoms with van der Waals surface area (Å²) in [6, 6.07) is 17.2. The highest BCUT2D eigenvalue weighted by Gasteiger charge is 2.18. The molecule has 2 aromatic carbocycles. The number of rotatable bonds is 9. The molecule has 39 heavy (non-hydrogen) atoms. The van der Waals surface area contributed by atoms with Gasteiger partial charge in [-0.05, 0) is 74.9 Å². The summed E-state index contributed by atoms with van der Waals surface area (Å²) in [5.74, 6) is 0. The van der Waals surface area contributed by atoms with Crippen molar-refractivity contribution in [2.45, 2.75) is 68.2 Å². The van der Waals surface area contributed by atoms with Gasteiger partial charge in [0.25, 0.3) is 0 Å². The predicted octanol–water partition coefficient (Wildman–Crippen LogP) is 9.08. The van der Waals surface area contributed by atoms with Crippen LogP contribution in [-0.4, -0.2) is 36.0 Å². The first kappa shape index (κ1) is 33.6. The molecule has 1 fully saturated rings. The lowest BCUT2D eigenvalue weighted by molar-refractivity contribution is 0.215. The Kier molecular flexibility index (Phi) is 15.4. The lowest BCUT2D eigenvalue weighted by atomic mass is 10.1. The number of allylic oxidation sites excluding steroid dienone is 5. The SMILES string of the molecule is C=C(C)N1CCN(C(=C)c2cccc(CC)c2)CC1.C=C(N/C(C)=C/C=C(C)C)c1ccc(CC)cc1.CC. The minimum Gasteiger partial charge on any atom is -0.372 e. The summed E-state index contributed by atoms with van der Waals surface area (Å²) in [5.41, 5.74) is 10.8. The monoisotopic (exact) mass is 527 g/mol. The number of piperazine rings is 1. The van der Waals surface area contributed by atoms with E-state index >= 15 is 0 Å². The third-order valence-corrected chi connectivity index (χ3v) is 6.60. The third-order valence-electron chi connectivity index (χ3n) is 6.60. The molecule has 0 radical (unpaired) electrons. The fourth-order valence-corrected chi connectivity index (χ4v) is 4.10. The predicted molar refractivity (Wildman–Crippen MR) is 175 cm³/mol. The van der Waals surface area contributed by atoms with E-state index in [0.29, 0.717) is 0 Å². The average Bonchev–Trinajstić information content (AvgIpc) is 2.97. The van der Waals surface area contributed by atoms with Gasteiger partial charge in [0, 0.05) is 49.0 Å². The molecule has 0 amide bonds. The van der Waals surface area contributed by atoms with Gasteiger partial charge >= 0.3 is 0 Å². The maximum Gasteiger partial charge on any atom is 0.0382 e. The van der Waals surface area contributed by atoms with E-state index in [0.717, 1.165) is 61.7 Å². The first-order chi connectivity index (χ1) is 18.6. The van der Waals surface area contributed by atoms with Gasteiger partial charge in [-0.1, -0.05) is 102 Å². The van der Waals surface area contributed by atoms with Gasteiger partial charge in [0.05, 0.1) is 0 Å². The van der Waals surface area contributed by atoms with Crippen LogP contribution in [0.1, 0.15) is 77.6 Å². The second-order valence-corrected chi connectivity index (χ2v) is 9.96. The minimum atomic E-state index is 0.938. The molecule has 3 rings (SSSR count). The van der Waals surface area contributed by atoms with Crippen LogP contribution in [-0.2, 0) is 12.8 Å². The summed E-state index contributed by atoms with van der Waals surface area (Å²) in [7, 11) is 0. The molecule has 0 atom stereocenters. The molecule has 0 spiro atoms. The number of nitrogens with one attached hydrogen (secondary N) is 1. The van der Waals surface area contributed by atoms with Gasteiger partial charge in [-0.3, -0.25) is 0 Å². The lowest BCUT2D eigenvalue weighted by Gasteiger charge is -2.38. The second kappa shape index (κ2) is 17.9. The number of benzene rings is 2. The molecular weight excluding hydrogens is 474 g/mol. The van der Waals surface area contributed by atoms with E-state index < -0.39 is 0 Å². The number of aryl methyl sites for hydroxylation is 2. The molecular formula is C36H53N3. The van der Waals surface area contributed by atoms with Crippen LogP contribution >= 0.6 is 0 Å². The van der Waals surface area contributed by atoms with Crippen LogP contribution in [0.4, 0.5) is 0 Å². The zero-order chi connectivity index (χ0) is 29.4. The highest BCUT2D eigenvalue weighted by atomic mass is 15.3. The Hall–Kier alpha value is -3.46. The second-order valence-electron chi connectivity index (χ2n) is 9.96. The first-order valence-corrected chi connectivity index (χ1v) is 14.4. The van der Waals surface area contributed by atoms with Crippen molar-refractivity contribution in [3.8, 4) is 0 Å². The fraction of sp³-hybridized carbons (Fsp3) is 0.389. The molecule has 2 aromatic rings. The largest absolute Gasteiger partial charge is 0.372 e. The zero-order valence-corrected chi connectivity index (χ0v) is 26.0. The molecule has 1 N–H and O–H groups in total. The van der Waals surface area contributed by atoms with Crippen LogP contribution in [0.15, 0.2) is 97.4 Å². The molecule has 0 aromatic heterocycles. The number of hydrogen-bond donors (Lipinski definition) is 1. The molecule has 1 heterocycles. The quantitative estimate of drug-likeness (QED) is 0.328. The van der Waals surface area contributed by atoms with Crippen LogP contribution in [0.25, 0.3) is 11.4 Å². The Balaban J connectivity index is 0.000000367. The molecule has 0 bridgehead atoms. The molecule has 1 aliphatic heterocycles. The van der Waals surface area contributed by atoms with Crippen molar-refractivity contribution in [3.05, 3.63) is 120 Å². The molecule has 3 heteroatoms. The van der Waals surface area contributed by atoms with E-state index in [1.807, 2.05) is 20.8 Å². The highest BCUT2D eigenvalue weighted by molar-refractivity contribution is 5.63. The van der Waals surface area contributed by atoms with E-state index in [2.05, 4.69) is 130 Å². The Morgan fingerprint density at radius 3 is 1.82 bits per heavy atom. The summed E-state index contributed by atoms with van der Waals surface area (Å²) >= 11 is 0. The van der Waals surface area contributed by atoms with E-state index in [1.165, 1.54) is 28.0 Å². The van der Waals surface area contributed by atoms with E-state index in [1.54, 1.807) is 0 Å². The molecule has 3 nitrogen and oxygen atoms in total. The fourth-order valence-electron chi connectivity index (χ4n) is 4.10. The Labute approximate surface area is 240 Å². The molecule has 0 aliphatic carbocycles. The standard InChI is InChI=1S/C17H24N2.C17H23N.C2H6/c1-5-16-7-6-8-17(13-16)15(4)19-11-9-18(10-12-19)14(2)3;1-6-16-9-11-17(12-10-16)15(5)18-14(4)8-7-13(2)3;1-2/h6-8,13H,2,4-5,9-12H2,1,3H3;7-12,18H,5-6H2,1-4H3;1-2H3/b;14-8+;. The van der Waals surface area contributed by atoms with Crippen molar-refractivity contribution in [1.29, 1.82) is 0 Å². The maximum atomic E-state index is 4.28. The Morgan fingerprint density at radius 1 is 0.744 bits per heavy atom. The minimum absolute atomic E-state index is 0.938. The summed E-state index contributed by atoms with van der Waals surface area (Å²) in [5, 5.41) is 3.31. The normalized spacial score (nSPS) is 12.8. The number of hydrogen-bond acceptors (Lipinski definition) is 3. The summed E-state index contributed by atoms with van der Waals surface area (Å²) in [6.45, 7) is 33.2. The van der Waals surface area contributed by atoms with E-state index in [9.17, 15) is 0 Å². The van der Waals surface area contributed by atoms with Crippen LogP contribution in [0, 0.1) is 0 Å². The van der Waals surface area contributed by atoms with Crippen LogP contribution in [0.5, 0.6) is 0 Å². The lowest BCUT2D eigenvalue weighted by Crippen LogP contribution is -2.44. The van der Waals surface area contributed by atoms with Gasteiger partial charge in [-0.25, -0.2) is 0 Å². The Bertz CT molecular complexity index is 1110. The van der Waals surface area contributed by atoms with Crippen molar-refractivity contribution in [3.63, 3.8) is 0 Å². The van der Waals surface area contributed by atoms with Crippen molar-refractivity contribution in [2.75, 3.05) is 26.2 Å². The van der Waals surface area contributed by atoms with Gasteiger partial charge in [-0.2, -0.15) is 0 Å². The molecule has 0 unspecified atom stereocenters. The van der Waals surface area contributed by atoms with Crippen molar-refractivity contribution in [1.82, 2.24) is 15.1 Å².